The molecule has 2 heterocycles. The fourth-order valence-electron chi connectivity index (χ4n) is 8.80. The van der Waals surface area contributed by atoms with Crippen molar-refractivity contribution in [2.45, 2.75) is 90.1 Å². The molecule has 0 aromatic carbocycles. The highest BCUT2D eigenvalue weighted by molar-refractivity contribution is 5.91. The summed E-state index contributed by atoms with van der Waals surface area (Å²) in [5.74, 6) is 4.23. The number of aryl methyl sites for hydroxylation is 1. The summed E-state index contributed by atoms with van der Waals surface area (Å²) >= 11 is 0. The van der Waals surface area contributed by atoms with Crippen LogP contribution in [0, 0.1) is 35.5 Å². The highest BCUT2D eigenvalue weighted by Gasteiger charge is 2.68. The molecule has 1 aromatic rings. The third-order valence-corrected chi connectivity index (χ3v) is 10.5. The van der Waals surface area contributed by atoms with Gasteiger partial charge in [0, 0.05) is 24.2 Å². The van der Waals surface area contributed by atoms with Gasteiger partial charge in [-0.3, -0.25) is 9.59 Å². The van der Waals surface area contributed by atoms with Crippen molar-refractivity contribution in [3.8, 4) is 0 Å². The Morgan fingerprint density at radius 3 is 2.48 bits per heavy atom. The second-order valence-electron chi connectivity index (χ2n) is 11.6. The predicted octanol–water partition coefficient (Wildman–Crippen LogP) is 5.89. The van der Waals surface area contributed by atoms with E-state index in [1.807, 2.05) is 13.0 Å². The molecule has 0 radical (unpaired) electrons. The van der Waals surface area contributed by atoms with Crippen LogP contribution in [0.15, 0.2) is 28.2 Å². The molecule has 4 nitrogen and oxygen atoms in total. The third kappa shape index (κ3) is 2.54. The molecule has 31 heavy (non-hydrogen) atoms. The van der Waals surface area contributed by atoms with E-state index in [4.69, 9.17) is 9.15 Å². The van der Waals surface area contributed by atoms with Gasteiger partial charge in [0.2, 0.25) is 0 Å². The second-order valence-corrected chi connectivity index (χ2v) is 11.6. The van der Waals surface area contributed by atoms with Crippen LogP contribution in [0.3, 0.4) is 0 Å². The molecule has 1 saturated heterocycles. The average molecular weight is 423 g/mol. The lowest BCUT2D eigenvalue weighted by Gasteiger charge is -2.61. The molecule has 166 valence electrons. The molecule has 4 aliphatic carbocycles. The van der Waals surface area contributed by atoms with Gasteiger partial charge in [-0.15, -0.1) is 0 Å². The van der Waals surface area contributed by atoms with Gasteiger partial charge in [0.15, 0.2) is 5.78 Å². The smallest absolute Gasteiger partial charge is 0.306 e. The number of carbonyl (C=O) groups excluding carboxylic acids is 2. The Labute approximate surface area is 184 Å². The fourth-order valence-corrected chi connectivity index (χ4v) is 8.80. The minimum atomic E-state index is -0.261. The van der Waals surface area contributed by atoms with Crippen molar-refractivity contribution < 1.29 is 18.7 Å². The highest BCUT2D eigenvalue weighted by Crippen LogP contribution is 2.71. The van der Waals surface area contributed by atoms with Crippen molar-refractivity contribution in [2.24, 2.45) is 28.6 Å². The summed E-state index contributed by atoms with van der Waals surface area (Å²) in [5.41, 5.74) is 1.25. The van der Waals surface area contributed by atoms with E-state index in [1.165, 1.54) is 5.57 Å². The van der Waals surface area contributed by atoms with Gasteiger partial charge < -0.3 is 9.15 Å². The van der Waals surface area contributed by atoms with Crippen molar-refractivity contribution in [2.75, 3.05) is 0 Å². The normalized spacial score (nSPS) is 46.4. The Bertz CT molecular complexity index is 987. The number of esters is 1. The molecule has 0 bridgehead atoms. The number of hydrogen-bond donors (Lipinski definition) is 0. The lowest BCUT2D eigenvalue weighted by molar-refractivity contribution is -0.169. The predicted molar refractivity (Wildman–Crippen MR) is 116 cm³/mol. The van der Waals surface area contributed by atoms with Gasteiger partial charge in [-0.25, -0.2) is 0 Å². The van der Waals surface area contributed by atoms with Gasteiger partial charge in [-0.05, 0) is 93.2 Å². The Kier molecular flexibility index (Phi) is 4.06. The summed E-state index contributed by atoms with van der Waals surface area (Å²) in [6, 6.07) is 4.24. The second kappa shape index (κ2) is 6.36. The molecule has 1 spiro atoms. The van der Waals surface area contributed by atoms with E-state index in [1.54, 1.807) is 0 Å². The number of ether oxygens (including phenoxy) is 1. The first-order valence-corrected chi connectivity index (χ1v) is 12.3. The van der Waals surface area contributed by atoms with Crippen molar-refractivity contribution in [1.29, 1.82) is 0 Å². The van der Waals surface area contributed by atoms with Crippen LogP contribution >= 0.6 is 0 Å². The molecule has 6 rings (SSSR count). The first kappa shape index (κ1) is 19.8. The quantitative estimate of drug-likeness (QED) is 0.530. The topological polar surface area (TPSA) is 56.5 Å². The summed E-state index contributed by atoms with van der Waals surface area (Å²) in [5, 5.41) is 0. The van der Waals surface area contributed by atoms with Crippen molar-refractivity contribution >= 4 is 11.8 Å². The standard InChI is InChI=1S/C27H34O4/c1-16-4-5-22(30-16)19-15-17-14-18(28)6-10-25(17,2)20-7-11-26(3)21(24(19)20)8-12-27(26)13-9-23(29)31-27/h4-5,14,19-21,24H,6-13,15H2,1-3H3/t19-,20?,21-,24+,25-,26-,27+/m0/s1. The van der Waals surface area contributed by atoms with Crippen LogP contribution in [0.4, 0.5) is 0 Å². The van der Waals surface area contributed by atoms with Crippen LogP contribution < -0.4 is 0 Å². The van der Waals surface area contributed by atoms with Gasteiger partial charge in [0.05, 0.1) is 0 Å². The number of ketones is 1. The molecule has 4 fully saturated rings. The lowest BCUT2D eigenvalue weighted by atomic mass is 9.44. The number of hydrogen-bond acceptors (Lipinski definition) is 4. The van der Waals surface area contributed by atoms with E-state index in [0.717, 1.165) is 56.5 Å². The van der Waals surface area contributed by atoms with Crippen molar-refractivity contribution in [1.82, 2.24) is 0 Å². The van der Waals surface area contributed by atoms with Gasteiger partial charge >= 0.3 is 5.97 Å². The maximum atomic E-state index is 12.4. The first-order valence-electron chi connectivity index (χ1n) is 12.3. The van der Waals surface area contributed by atoms with Crippen molar-refractivity contribution in [3.63, 3.8) is 0 Å². The Hall–Kier alpha value is -1.84. The van der Waals surface area contributed by atoms with Crippen LogP contribution in [-0.4, -0.2) is 17.4 Å². The van der Waals surface area contributed by atoms with E-state index in [2.05, 4.69) is 26.0 Å². The number of carbonyl (C=O) groups is 2. The zero-order valence-corrected chi connectivity index (χ0v) is 19.0. The summed E-state index contributed by atoms with van der Waals surface area (Å²) in [7, 11) is 0. The molecule has 1 aromatic heterocycles. The molecule has 0 N–H and O–H groups in total. The molecule has 7 atom stereocenters. The molecular formula is C27H34O4. The number of fused-ring (bicyclic) bond motifs is 6. The van der Waals surface area contributed by atoms with Crippen LogP contribution in [0.25, 0.3) is 0 Å². The highest BCUT2D eigenvalue weighted by atomic mass is 16.6. The van der Waals surface area contributed by atoms with E-state index >= 15 is 0 Å². The van der Waals surface area contributed by atoms with Crippen LogP contribution in [0.1, 0.15) is 89.1 Å². The van der Waals surface area contributed by atoms with E-state index < -0.39 is 0 Å². The van der Waals surface area contributed by atoms with Gasteiger partial charge in [0.25, 0.3) is 0 Å². The summed E-state index contributed by atoms with van der Waals surface area (Å²) < 4.78 is 12.4. The SMILES string of the molecule is Cc1ccc([C@@H]2CC3=CC(=O)CC[C@]3(C)C3CC[C@@]4(C)[C@@H](CC[C@@]45CCC(=O)O5)[C@@H]32)o1. The van der Waals surface area contributed by atoms with Crippen LogP contribution in [0.5, 0.6) is 0 Å². The minimum absolute atomic E-state index is 0.00572. The van der Waals surface area contributed by atoms with Crippen molar-refractivity contribution in [3.05, 3.63) is 35.3 Å². The lowest BCUT2D eigenvalue weighted by Crippen LogP contribution is -2.56. The van der Waals surface area contributed by atoms with Crippen LogP contribution in [0.2, 0.25) is 0 Å². The fraction of sp³-hybridized carbons (Fsp3) is 0.704. The number of allylic oxidation sites excluding steroid dienone is 1. The zero-order valence-electron chi connectivity index (χ0n) is 19.0. The Morgan fingerprint density at radius 2 is 1.77 bits per heavy atom. The monoisotopic (exact) mass is 422 g/mol. The molecule has 1 aliphatic heterocycles. The van der Waals surface area contributed by atoms with Gasteiger partial charge in [-0.2, -0.15) is 0 Å². The van der Waals surface area contributed by atoms with E-state index in [-0.39, 0.29) is 22.4 Å². The Balaban J connectivity index is 1.46. The molecular weight excluding hydrogens is 388 g/mol. The maximum absolute atomic E-state index is 12.4. The minimum Gasteiger partial charge on any atom is -0.466 e. The third-order valence-electron chi connectivity index (χ3n) is 10.5. The average Bonchev–Trinajstić information content (AvgIpc) is 3.41. The number of rotatable bonds is 1. The van der Waals surface area contributed by atoms with E-state index in [9.17, 15) is 9.59 Å². The summed E-state index contributed by atoms with van der Waals surface area (Å²) in [6.07, 6.45) is 10.4. The number of furan rings is 1. The molecule has 5 aliphatic rings. The molecule has 3 saturated carbocycles. The van der Waals surface area contributed by atoms with E-state index in [0.29, 0.717) is 42.3 Å². The van der Waals surface area contributed by atoms with Gasteiger partial charge in [0.1, 0.15) is 17.1 Å². The summed E-state index contributed by atoms with van der Waals surface area (Å²) in [4.78, 5) is 24.5. The summed E-state index contributed by atoms with van der Waals surface area (Å²) in [6.45, 7) is 6.86. The maximum Gasteiger partial charge on any atom is 0.306 e. The van der Waals surface area contributed by atoms with Crippen LogP contribution in [-0.2, 0) is 14.3 Å². The largest absolute Gasteiger partial charge is 0.466 e. The molecule has 4 heteroatoms. The Morgan fingerprint density at radius 1 is 0.968 bits per heavy atom. The van der Waals surface area contributed by atoms with Gasteiger partial charge in [-0.1, -0.05) is 19.4 Å². The molecule has 1 unspecified atom stereocenters. The first-order chi connectivity index (χ1) is 14.8. The zero-order chi connectivity index (χ0) is 21.6. The molecule has 0 amide bonds.